The molecule has 1 aromatic heterocycles. The number of aryl methyl sites for hydroxylation is 1. The van der Waals surface area contributed by atoms with Gasteiger partial charge in [0, 0.05) is 10.9 Å². The first-order chi connectivity index (χ1) is 10.8. The first kappa shape index (κ1) is 18.3. The molecule has 1 fully saturated rings. The Morgan fingerprint density at radius 1 is 1.35 bits per heavy atom. The third-order valence-corrected chi connectivity index (χ3v) is 5.89. The number of thiophene rings is 1. The SMILES string of the molecule is CCC(c1sccc1C)[C@H]1CC[C@H](NC(=O)OC(C)(C)C)CC1. The number of ether oxygens (including phenoxy) is 1. The van der Waals surface area contributed by atoms with E-state index in [1.54, 1.807) is 4.88 Å². The van der Waals surface area contributed by atoms with Crippen molar-refractivity contribution in [2.75, 3.05) is 0 Å². The van der Waals surface area contributed by atoms with Crippen LogP contribution in [0.3, 0.4) is 0 Å². The summed E-state index contributed by atoms with van der Waals surface area (Å²) >= 11 is 1.90. The molecular weight excluding hydrogens is 306 g/mol. The summed E-state index contributed by atoms with van der Waals surface area (Å²) in [5.41, 5.74) is 1.02. The smallest absolute Gasteiger partial charge is 0.407 e. The molecule has 1 heterocycles. The van der Waals surface area contributed by atoms with Crippen LogP contribution in [0.5, 0.6) is 0 Å². The van der Waals surface area contributed by atoms with Crippen molar-refractivity contribution in [3.8, 4) is 0 Å². The predicted molar refractivity (Wildman–Crippen MR) is 97.2 cm³/mol. The molecule has 0 aliphatic heterocycles. The molecule has 0 radical (unpaired) electrons. The highest BCUT2D eigenvalue weighted by molar-refractivity contribution is 7.10. The topological polar surface area (TPSA) is 38.3 Å². The van der Waals surface area contributed by atoms with E-state index in [9.17, 15) is 4.79 Å². The molecule has 3 nitrogen and oxygen atoms in total. The minimum atomic E-state index is -0.425. The van der Waals surface area contributed by atoms with Crippen LogP contribution in [0.1, 0.15) is 76.2 Å². The quantitative estimate of drug-likeness (QED) is 0.773. The van der Waals surface area contributed by atoms with Crippen molar-refractivity contribution in [2.24, 2.45) is 5.92 Å². The molecule has 1 unspecified atom stereocenters. The third kappa shape index (κ3) is 5.23. The van der Waals surface area contributed by atoms with E-state index in [1.807, 2.05) is 32.1 Å². The Kier molecular flexibility index (Phi) is 6.12. The van der Waals surface area contributed by atoms with Crippen LogP contribution >= 0.6 is 11.3 Å². The Morgan fingerprint density at radius 2 is 2.00 bits per heavy atom. The third-order valence-electron chi connectivity index (χ3n) is 4.74. The van der Waals surface area contributed by atoms with Gasteiger partial charge in [-0.25, -0.2) is 4.79 Å². The Balaban J connectivity index is 1.86. The molecule has 1 atom stereocenters. The minimum Gasteiger partial charge on any atom is -0.444 e. The highest BCUT2D eigenvalue weighted by Gasteiger charge is 2.30. The maximum atomic E-state index is 11.9. The predicted octanol–water partition coefficient (Wildman–Crippen LogP) is 5.63. The van der Waals surface area contributed by atoms with Crippen LogP contribution in [0.2, 0.25) is 0 Å². The zero-order valence-electron chi connectivity index (χ0n) is 15.1. The van der Waals surface area contributed by atoms with Crippen LogP contribution in [-0.4, -0.2) is 17.7 Å². The lowest BCUT2D eigenvalue weighted by Gasteiger charge is -2.34. The monoisotopic (exact) mass is 337 g/mol. The largest absolute Gasteiger partial charge is 0.444 e. The standard InChI is InChI=1S/C19H31NO2S/c1-6-16(17-13(2)11-12-23-17)14-7-9-15(10-8-14)20-18(21)22-19(3,4)5/h11-12,14-16H,6-10H2,1-5H3,(H,20,21)/t14-,15-,16?. The van der Waals surface area contributed by atoms with Crippen molar-refractivity contribution in [3.63, 3.8) is 0 Å². The summed E-state index contributed by atoms with van der Waals surface area (Å²) in [6.07, 6.45) is 5.43. The van der Waals surface area contributed by atoms with Crippen molar-refractivity contribution < 1.29 is 9.53 Å². The van der Waals surface area contributed by atoms with Gasteiger partial charge >= 0.3 is 6.09 Å². The van der Waals surface area contributed by atoms with Crippen LogP contribution in [0.25, 0.3) is 0 Å². The average Bonchev–Trinajstić information content (AvgIpc) is 2.86. The summed E-state index contributed by atoms with van der Waals surface area (Å²) in [7, 11) is 0. The second kappa shape index (κ2) is 7.69. The lowest BCUT2D eigenvalue weighted by atomic mass is 9.76. The maximum Gasteiger partial charge on any atom is 0.407 e. The fourth-order valence-electron chi connectivity index (χ4n) is 3.64. The fourth-order valence-corrected chi connectivity index (χ4v) is 4.84. The molecule has 0 saturated heterocycles. The molecule has 1 aliphatic carbocycles. The fraction of sp³-hybridized carbons (Fsp3) is 0.737. The Bertz CT molecular complexity index is 510. The molecule has 0 aromatic carbocycles. The molecule has 130 valence electrons. The van der Waals surface area contributed by atoms with E-state index in [1.165, 1.54) is 24.8 Å². The van der Waals surface area contributed by atoms with Crippen LogP contribution in [-0.2, 0) is 4.74 Å². The number of hydrogen-bond acceptors (Lipinski definition) is 3. The van der Waals surface area contributed by atoms with Crippen LogP contribution in [0.15, 0.2) is 11.4 Å². The second-order valence-electron chi connectivity index (χ2n) is 7.74. The Labute approximate surface area is 144 Å². The molecule has 2 rings (SSSR count). The van der Waals surface area contributed by atoms with Gasteiger partial charge in [-0.15, -0.1) is 11.3 Å². The zero-order valence-corrected chi connectivity index (χ0v) is 16.0. The van der Waals surface area contributed by atoms with Gasteiger partial charge in [0.25, 0.3) is 0 Å². The highest BCUT2D eigenvalue weighted by atomic mass is 32.1. The first-order valence-electron chi connectivity index (χ1n) is 8.83. The van der Waals surface area contributed by atoms with Gasteiger partial charge in [0.2, 0.25) is 0 Å². The van der Waals surface area contributed by atoms with Gasteiger partial charge in [0.05, 0.1) is 0 Å². The van der Waals surface area contributed by atoms with Crippen molar-refractivity contribution in [3.05, 3.63) is 21.9 Å². The summed E-state index contributed by atoms with van der Waals surface area (Å²) < 4.78 is 5.36. The highest BCUT2D eigenvalue weighted by Crippen LogP contribution is 2.41. The summed E-state index contributed by atoms with van der Waals surface area (Å²) in [6, 6.07) is 2.50. The molecule has 0 bridgehead atoms. The van der Waals surface area contributed by atoms with Gasteiger partial charge < -0.3 is 10.1 Å². The van der Waals surface area contributed by atoms with Crippen molar-refractivity contribution in [1.29, 1.82) is 0 Å². The van der Waals surface area contributed by atoms with Gasteiger partial charge in [-0.3, -0.25) is 0 Å². The molecule has 1 aromatic rings. The molecule has 0 spiro atoms. The lowest BCUT2D eigenvalue weighted by Crippen LogP contribution is -2.41. The average molecular weight is 338 g/mol. The molecular formula is C19H31NO2S. The number of amides is 1. The van der Waals surface area contributed by atoms with Crippen LogP contribution in [0, 0.1) is 12.8 Å². The number of rotatable bonds is 4. The van der Waals surface area contributed by atoms with Crippen molar-refractivity contribution >= 4 is 17.4 Å². The zero-order chi connectivity index (χ0) is 17.0. The van der Waals surface area contributed by atoms with Gasteiger partial charge in [-0.1, -0.05) is 6.92 Å². The number of carbonyl (C=O) groups excluding carboxylic acids is 1. The molecule has 1 aliphatic rings. The second-order valence-corrected chi connectivity index (χ2v) is 8.69. The number of hydrogen-bond donors (Lipinski definition) is 1. The molecule has 1 saturated carbocycles. The van der Waals surface area contributed by atoms with Gasteiger partial charge in [-0.05, 0) is 88.6 Å². The van der Waals surface area contributed by atoms with E-state index >= 15 is 0 Å². The van der Waals surface area contributed by atoms with Crippen LogP contribution in [0.4, 0.5) is 4.79 Å². The lowest BCUT2D eigenvalue weighted by molar-refractivity contribution is 0.0485. The van der Waals surface area contributed by atoms with E-state index in [0.717, 1.165) is 18.8 Å². The van der Waals surface area contributed by atoms with Gasteiger partial charge in [0.15, 0.2) is 0 Å². The number of alkyl carbamates (subject to hydrolysis) is 1. The van der Waals surface area contributed by atoms with E-state index in [4.69, 9.17) is 4.74 Å². The van der Waals surface area contributed by atoms with Crippen molar-refractivity contribution in [1.82, 2.24) is 5.32 Å². The van der Waals surface area contributed by atoms with E-state index in [-0.39, 0.29) is 12.1 Å². The minimum absolute atomic E-state index is 0.267. The Morgan fingerprint density at radius 3 is 2.48 bits per heavy atom. The summed E-state index contributed by atoms with van der Waals surface area (Å²) in [5, 5.41) is 5.25. The summed E-state index contributed by atoms with van der Waals surface area (Å²) in [4.78, 5) is 13.5. The van der Waals surface area contributed by atoms with Crippen molar-refractivity contribution in [2.45, 2.75) is 84.3 Å². The first-order valence-corrected chi connectivity index (χ1v) is 9.71. The molecule has 23 heavy (non-hydrogen) atoms. The molecule has 4 heteroatoms. The summed E-state index contributed by atoms with van der Waals surface area (Å²) in [5.74, 6) is 1.42. The molecule has 1 N–H and O–H groups in total. The Hall–Kier alpha value is -1.03. The summed E-state index contributed by atoms with van der Waals surface area (Å²) in [6.45, 7) is 10.2. The maximum absolute atomic E-state index is 11.9. The van der Waals surface area contributed by atoms with Gasteiger partial charge in [0.1, 0.15) is 5.60 Å². The normalized spacial score (nSPS) is 23.3. The van der Waals surface area contributed by atoms with Crippen LogP contribution < -0.4 is 5.32 Å². The van der Waals surface area contributed by atoms with E-state index in [2.05, 4.69) is 30.6 Å². The van der Waals surface area contributed by atoms with E-state index in [0.29, 0.717) is 5.92 Å². The van der Waals surface area contributed by atoms with E-state index < -0.39 is 5.60 Å². The van der Waals surface area contributed by atoms with Gasteiger partial charge in [-0.2, -0.15) is 0 Å². The molecule has 1 amide bonds. The number of carbonyl (C=O) groups is 1. The number of nitrogens with one attached hydrogen (secondary N) is 1.